The normalized spacial score (nSPS) is 24.2. The first-order valence-electron chi connectivity index (χ1n) is 26.0. The van der Waals surface area contributed by atoms with Crippen LogP contribution >= 0.6 is 0 Å². The number of benzene rings is 2. The Morgan fingerprint density at radius 2 is 1.03 bits per heavy atom. The minimum Gasteiger partial charge on any atom is -0.471 e. The van der Waals surface area contributed by atoms with Crippen LogP contribution in [0.1, 0.15) is 136 Å². The molecule has 8 atom stereocenters. The molecule has 0 radical (unpaired) electrons. The van der Waals surface area contributed by atoms with E-state index < -0.39 is 12.2 Å². The molecule has 2 aromatic heterocycles. The average molecular weight is 959 g/mol. The van der Waals surface area contributed by atoms with Crippen LogP contribution in [-0.4, -0.2) is 106 Å². The van der Waals surface area contributed by atoms with E-state index in [1.165, 1.54) is 26.7 Å². The number of ether oxygens (including phenoxy) is 4. The second-order valence-corrected chi connectivity index (χ2v) is 20.9. The van der Waals surface area contributed by atoms with Crippen molar-refractivity contribution in [1.29, 1.82) is 0 Å². The molecule has 2 aliphatic carbocycles. The summed E-state index contributed by atoms with van der Waals surface area (Å²) >= 11 is 0. The Bertz CT molecular complexity index is 2170. The molecule has 14 heteroatoms. The molecule has 2 saturated heterocycles. The highest BCUT2D eigenvalue weighted by atomic mass is 16.5. The van der Waals surface area contributed by atoms with E-state index in [0.717, 1.165) is 124 Å². The van der Waals surface area contributed by atoms with Crippen LogP contribution in [0, 0.1) is 0 Å². The van der Waals surface area contributed by atoms with Crippen LogP contribution in [0.5, 0.6) is 11.8 Å². The van der Waals surface area contributed by atoms with E-state index in [-0.39, 0.29) is 59.4 Å². The fourth-order valence-electron chi connectivity index (χ4n) is 11.3. The molecule has 14 nitrogen and oxygen atoms in total. The average Bonchev–Trinajstić information content (AvgIpc) is 4.06. The van der Waals surface area contributed by atoms with Gasteiger partial charge in [-0.25, -0.2) is 9.97 Å². The second-order valence-electron chi connectivity index (χ2n) is 20.9. The predicted molar refractivity (Wildman–Crippen MR) is 266 cm³/mol. The summed E-state index contributed by atoms with van der Waals surface area (Å²) in [5.74, 6) is 1.14. The summed E-state index contributed by atoms with van der Waals surface area (Å²) in [6, 6.07) is 23.7. The van der Waals surface area contributed by atoms with Gasteiger partial charge in [0.05, 0.1) is 36.5 Å². The summed E-state index contributed by atoms with van der Waals surface area (Å²) in [6.07, 6.45) is 18.4. The fourth-order valence-corrected chi connectivity index (χ4v) is 11.3. The first-order chi connectivity index (χ1) is 34.0. The minimum absolute atomic E-state index is 0.0420. The van der Waals surface area contributed by atoms with E-state index in [9.17, 15) is 19.8 Å². The summed E-state index contributed by atoms with van der Waals surface area (Å²) in [5.41, 5.74) is 6.30. The van der Waals surface area contributed by atoms with Gasteiger partial charge in [0.25, 0.3) is 0 Å². The van der Waals surface area contributed by atoms with Gasteiger partial charge in [-0.05, 0) is 111 Å². The van der Waals surface area contributed by atoms with Crippen LogP contribution in [0.25, 0.3) is 0 Å². The van der Waals surface area contributed by atoms with Gasteiger partial charge >= 0.3 is 0 Å². The number of nitrogens with one attached hydrogen (secondary N) is 4. The molecule has 4 fully saturated rings. The van der Waals surface area contributed by atoms with Gasteiger partial charge in [-0.15, -0.1) is 0 Å². The number of fused-ring (bicyclic) bond motifs is 2. The van der Waals surface area contributed by atoms with Gasteiger partial charge in [0.2, 0.25) is 23.6 Å². The van der Waals surface area contributed by atoms with E-state index in [1.807, 2.05) is 73.1 Å². The lowest BCUT2D eigenvalue weighted by atomic mass is 9.73. The third kappa shape index (κ3) is 12.9. The maximum Gasteiger partial charge on any atom is 0.218 e. The van der Waals surface area contributed by atoms with Crippen LogP contribution in [0.15, 0.2) is 85.2 Å². The lowest BCUT2D eigenvalue weighted by Crippen LogP contribution is -2.52. The number of hydrogen-bond donors (Lipinski definition) is 6. The number of carbonyl (C=O) groups excluding carboxylic acids is 2. The molecule has 4 aromatic rings. The zero-order chi connectivity index (χ0) is 48.5. The van der Waals surface area contributed by atoms with Gasteiger partial charge in [-0.2, -0.15) is 0 Å². The molecule has 6 aliphatic rings. The van der Waals surface area contributed by atoms with E-state index in [0.29, 0.717) is 37.7 Å². The largest absolute Gasteiger partial charge is 0.471 e. The lowest BCUT2D eigenvalue weighted by Gasteiger charge is -2.47. The van der Waals surface area contributed by atoms with Crippen LogP contribution < -0.4 is 30.7 Å². The minimum atomic E-state index is -0.731. The molecule has 376 valence electrons. The second kappa shape index (κ2) is 23.1. The molecule has 2 amide bonds. The van der Waals surface area contributed by atoms with Crippen molar-refractivity contribution in [3.63, 3.8) is 0 Å². The Balaban J connectivity index is 0.000000174. The number of amides is 2. The van der Waals surface area contributed by atoms with Gasteiger partial charge in [0.1, 0.15) is 11.2 Å². The summed E-state index contributed by atoms with van der Waals surface area (Å²) in [7, 11) is 0. The Labute approximate surface area is 413 Å². The highest BCUT2D eigenvalue weighted by Gasteiger charge is 2.48. The van der Waals surface area contributed by atoms with E-state index >= 15 is 0 Å². The topological polar surface area (TPSA) is 185 Å². The molecule has 6 heterocycles. The predicted octanol–water partition coefficient (Wildman–Crippen LogP) is 6.49. The quantitative estimate of drug-likeness (QED) is 0.0638. The molecule has 6 N–H and O–H groups in total. The summed E-state index contributed by atoms with van der Waals surface area (Å²) in [5, 5.41) is 35.3. The van der Waals surface area contributed by atoms with Crippen LogP contribution in [-0.2, 0) is 44.7 Å². The SMILES string of the molecule is CC(=O)N[C@@H](Cc1ccccc1)[C@H](O)CN[C@H]1CC2(CCC2)Oc2ncc(C[C@@H]3CCCO3)cc21.CC(=O)N[C@@H](Cc1ccccc1)[C@H](O)CN[C@H]1CC2(CCC2)Oc2ncc(C[C@H]3CCCO3)cc21. The first-order valence-corrected chi connectivity index (χ1v) is 26.0. The third-order valence-corrected chi connectivity index (χ3v) is 15.4. The number of hydrogen-bond acceptors (Lipinski definition) is 12. The number of aliphatic hydroxyl groups is 2. The number of pyridine rings is 2. The molecule has 10 rings (SSSR count). The standard InChI is InChI=1S/2C28H37N3O4/c2*1-19(32)31-24(15-20-7-3-2-4-8-20)26(33)18-29-25-16-28(10-6-11-28)35-27-23(25)14-21(17-30-27)13-22-9-5-12-34-22/h2*2-4,7-8,14,17,22,24-26,29,33H,5-6,9-13,15-16,18H2,1H3,(H,31,32)/t22-,24+,25+,26-;22-,24-,25-,26+/m10/s1. The molecular formula is C56H74N6O8. The number of nitrogens with zero attached hydrogens (tertiary/aromatic N) is 2. The van der Waals surface area contributed by atoms with Gasteiger partial charge < -0.3 is 50.4 Å². The number of aliphatic hydroxyl groups excluding tert-OH is 2. The molecule has 2 saturated carbocycles. The van der Waals surface area contributed by atoms with Crippen molar-refractivity contribution in [2.45, 2.75) is 176 Å². The lowest BCUT2D eigenvalue weighted by molar-refractivity contribution is -0.121. The van der Waals surface area contributed by atoms with Crippen LogP contribution in [0.2, 0.25) is 0 Å². The molecule has 0 unspecified atom stereocenters. The molecule has 4 aliphatic heterocycles. The van der Waals surface area contributed by atoms with Crippen molar-refractivity contribution in [3.8, 4) is 11.8 Å². The van der Waals surface area contributed by atoms with Gasteiger partial charge in [0.15, 0.2) is 0 Å². The molecule has 2 spiro atoms. The van der Waals surface area contributed by atoms with Crippen molar-refractivity contribution in [2.75, 3.05) is 26.3 Å². The van der Waals surface area contributed by atoms with Crippen molar-refractivity contribution in [3.05, 3.63) is 119 Å². The zero-order valence-electron chi connectivity index (χ0n) is 41.1. The van der Waals surface area contributed by atoms with Crippen molar-refractivity contribution < 1.29 is 38.7 Å². The highest BCUT2D eigenvalue weighted by molar-refractivity contribution is 5.73. The smallest absolute Gasteiger partial charge is 0.218 e. The van der Waals surface area contributed by atoms with E-state index in [1.54, 1.807) is 0 Å². The van der Waals surface area contributed by atoms with Gasteiger partial charge in [-0.3, -0.25) is 9.59 Å². The molecule has 70 heavy (non-hydrogen) atoms. The number of aromatic nitrogens is 2. The van der Waals surface area contributed by atoms with Crippen molar-refractivity contribution >= 4 is 11.8 Å². The van der Waals surface area contributed by atoms with Gasteiger partial charge in [0, 0.05) is 101 Å². The number of carbonyl (C=O) groups is 2. The van der Waals surface area contributed by atoms with E-state index in [4.69, 9.17) is 28.9 Å². The first kappa shape index (κ1) is 50.0. The Morgan fingerprint density at radius 1 is 0.614 bits per heavy atom. The zero-order valence-corrected chi connectivity index (χ0v) is 41.1. The van der Waals surface area contributed by atoms with Crippen LogP contribution in [0.4, 0.5) is 0 Å². The Hall–Kier alpha value is -4.96. The van der Waals surface area contributed by atoms with Gasteiger partial charge in [-0.1, -0.05) is 60.7 Å². The molecule has 2 aromatic carbocycles. The van der Waals surface area contributed by atoms with Crippen molar-refractivity contribution in [2.24, 2.45) is 0 Å². The maximum absolute atomic E-state index is 11.9. The third-order valence-electron chi connectivity index (χ3n) is 15.4. The number of rotatable bonds is 18. The summed E-state index contributed by atoms with van der Waals surface area (Å²) < 4.78 is 24.5. The molecule has 0 bridgehead atoms. The van der Waals surface area contributed by atoms with Crippen LogP contribution in [0.3, 0.4) is 0 Å². The highest BCUT2D eigenvalue weighted by Crippen LogP contribution is 2.49. The Kier molecular flexibility index (Phi) is 16.5. The van der Waals surface area contributed by atoms with Crippen molar-refractivity contribution in [1.82, 2.24) is 31.2 Å². The summed E-state index contributed by atoms with van der Waals surface area (Å²) in [6.45, 7) is 5.41. The monoisotopic (exact) mass is 959 g/mol. The maximum atomic E-state index is 11.9. The fraction of sp³-hybridized carbons (Fsp3) is 0.571. The van der Waals surface area contributed by atoms with E-state index in [2.05, 4.69) is 33.4 Å². The molecular weight excluding hydrogens is 885 g/mol. The Morgan fingerprint density at radius 3 is 1.37 bits per heavy atom. The summed E-state index contributed by atoms with van der Waals surface area (Å²) in [4.78, 5) is 33.1.